The maximum atomic E-state index is 5.09. The molecule has 2 spiro atoms. The van der Waals surface area contributed by atoms with Crippen LogP contribution in [-0.2, 0) is 0 Å². The molecule has 110 valence electrons. The highest BCUT2D eigenvalue weighted by atomic mass is 15.2. The fourth-order valence-electron chi connectivity index (χ4n) is 4.02. The van der Waals surface area contributed by atoms with Crippen LogP contribution in [0.3, 0.4) is 0 Å². The molecule has 1 aromatic rings. The molecule has 0 aromatic heterocycles. The van der Waals surface area contributed by atoms with Crippen LogP contribution in [0.1, 0.15) is 38.5 Å². The minimum absolute atomic E-state index is 0.207. The molecule has 0 unspecified atom stereocenters. The molecule has 0 bridgehead atoms. The van der Waals surface area contributed by atoms with Crippen LogP contribution in [0.25, 0.3) is 0 Å². The highest BCUT2D eigenvalue weighted by molar-refractivity contribution is 6.48. The number of aliphatic imine (C=N–C) groups is 2. The van der Waals surface area contributed by atoms with E-state index in [-0.39, 0.29) is 5.66 Å². The van der Waals surface area contributed by atoms with Gasteiger partial charge in [0.15, 0.2) is 5.66 Å². The van der Waals surface area contributed by atoms with Crippen molar-refractivity contribution in [3.63, 3.8) is 0 Å². The Morgan fingerprint density at radius 3 is 2.27 bits per heavy atom. The third-order valence-electron chi connectivity index (χ3n) is 5.06. The summed E-state index contributed by atoms with van der Waals surface area (Å²) in [5, 5.41) is 1.92. The molecule has 0 saturated heterocycles. The van der Waals surface area contributed by atoms with Crippen molar-refractivity contribution in [3.8, 4) is 0 Å². The van der Waals surface area contributed by atoms with Crippen LogP contribution in [0.4, 0.5) is 0 Å². The van der Waals surface area contributed by atoms with Crippen LogP contribution in [0, 0.1) is 0 Å². The Bertz CT molecular complexity index is 818. The quantitative estimate of drug-likeness (QED) is 0.658. The van der Waals surface area contributed by atoms with E-state index in [0.717, 1.165) is 41.4 Å². The average molecular weight is 290 g/mol. The van der Waals surface area contributed by atoms with Crippen molar-refractivity contribution < 1.29 is 0 Å². The van der Waals surface area contributed by atoms with Gasteiger partial charge >= 0.3 is 0 Å². The normalized spacial score (nSPS) is 26.0. The van der Waals surface area contributed by atoms with Gasteiger partial charge in [-0.1, -0.05) is 24.6 Å². The molecule has 4 heteroatoms. The average Bonchev–Trinajstić information content (AvgIpc) is 3.08. The third kappa shape index (κ3) is 1.64. The molecule has 5 rings (SSSR count). The summed E-state index contributed by atoms with van der Waals surface area (Å²) in [6, 6.07) is 8.08. The Kier molecular flexibility index (Phi) is 2.38. The fraction of sp³-hybridized carbons (Fsp3) is 0.444. The zero-order chi connectivity index (χ0) is 14.6. The van der Waals surface area contributed by atoms with Gasteiger partial charge in [-0.15, -0.1) is 0 Å². The highest BCUT2D eigenvalue weighted by Gasteiger charge is 2.46. The van der Waals surface area contributed by atoms with Crippen molar-refractivity contribution in [2.75, 3.05) is 0 Å². The highest BCUT2D eigenvalue weighted by Crippen LogP contribution is 2.40. The van der Waals surface area contributed by atoms with E-state index in [2.05, 4.69) is 12.2 Å². The van der Waals surface area contributed by atoms with Gasteiger partial charge in [-0.25, -0.2) is 9.98 Å². The minimum atomic E-state index is -0.651. The number of rotatable bonds is 0. The van der Waals surface area contributed by atoms with Crippen LogP contribution < -0.4 is 10.7 Å². The zero-order valence-corrected chi connectivity index (χ0v) is 12.5. The summed E-state index contributed by atoms with van der Waals surface area (Å²) in [6.07, 6.45) is 11.0. The maximum absolute atomic E-state index is 5.09. The molecule has 22 heavy (non-hydrogen) atoms. The van der Waals surface area contributed by atoms with Crippen LogP contribution in [0.2, 0.25) is 0 Å². The first-order valence-corrected chi connectivity index (χ1v) is 8.21. The van der Waals surface area contributed by atoms with Gasteiger partial charge < -0.3 is 0 Å². The molecule has 4 nitrogen and oxygen atoms in total. The van der Waals surface area contributed by atoms with Gasteiger partial charge in [-0.3, -0.25) is 9.98 Å². The van der Waals surface area contributed by atoms with Gasteiger partial charge in [0.2, 0.25) is 5.66 Å². The van der Waals surface area contributed by atoms with E-state index in [1.165, 1.54) is 19.3 Å². The molecule has 1 saturated carbocycles. The second-order valence-electron chi connectivity index (χ2n) is 6.61. The lowest BCUT2D eigenvalue weighted by Gasteiger charge is -2.28. The molecule has 2 aliphatic carbocycles. The lowest BCUT2D eigenvalue weighted by molar-refractivity contribution is 0.315. The maximum Gasteiger partial charge on any atom is 0.214 e. The number of fused-ring (bicyclic) bond motifs is 3. The zero-order valence-electron chi connectivity index (χ0n) is 12.5. The van der Waals surface area contributed by atoms with E-state index in [0.29, 0.717) is 0 Å². The molecule has 0 N–H and O–H groups in total. The summed E-state index contributed by atoms with van der Waals surface area (Å²) in [5.41, 5.74) is 1.24. The molecular weight excluding hydrogens is 272 g/mol. The van der Waals surface area contributed by atoms with Gasteiger partial charge in [0.05, 0.1) is 16.4 Å². The van der Waals surface area contributed by atoms with Crippen LogP contribution in [0.15, 0.2) is 56.4 Å². The standard InChI is InChI=1S/C18H18N4/c1-4-10-17(11-5-1)19-15-9-6-12-18(16(15)22-17)20-13-7-2-3-8-14(13)21-18/h2-3,6-8,12H,1,4-5,9-11H2. The van der Waals surface area contributed by atoms with E-state index >= 15 is 0 Å². The predicted molar refractivity (Wildman–Crippen MR) is 85.9 cm³/mol. The molecule has 0 atom stereocenters. The summed E-state index contributed by atoms with van der Waals surface area (Å²) in [5.74, 6) is 0. The lowest BCUT2D eigenvalue weighted by Crippen LogP contribution is -2.39. The Balaban J connectivity index is 1.68. The van der Waals surface area contributed by atoms with Gasteiger partial charge in [0.1, 0.15) is 5.71 Å². The lowest BCUT2D eigenvalue weighted by atomic mass is 9.90. The molecule has 1 fully saturated rings. The fourth-order valence-corrected chi connectivity index (χ4v) is 4.02. The molecule has 0 radical (unpaired) electrons. The monoisotopic (exact) mass is 290 g/mol. The van der Waals surface area contributed by atoms with E-state index in [1.807, 2.05) is 24.3 Å². The first-order valence-electron chi connectivity index (χ1n) is 8.21. The number of hydrogen-bond donors (Lipinski definition) is 0. The Morgan fingerprint density at radius 1 is 0.818 bits per heavy atom. The number of hydrogen-bond acceptors (Lipinski definition) is 4. The van der Waals surface area contributed by atoms with Crippen LogP contribution >= 0.6 is 0 Å². The van der Waals surface area contributed by atoms with Gasteiger partial charge in [-0.05, 0) is 43.9 Å². The predicted octanol–water partition coefficient (Wildman–Crippen LogP) is 2.15. The minimum Gasteiger partial charge on any atom is -0.258 e. The molecule has 2 aliphatic heterocycles. The molecule has 1 aromatic carbocycles. The van der Waals surface area contributed by atoms with Crippen molar-refractivity contribution in [1.29, 1.82) is 0 Å². The van der Waals surface area contributed by atoms with Crippen LogP contribution in [0.5, 0.6) is 0 Å². The summed E-state index contributed by atoms with van der Waals surface area (Å²) < 4.78 is 0. The molecule has 4 aliphatic rings. The number of para-hydroxylation sites is 2. The van der Waals surface area contributed by atoms with Crippen molar-refractivity contribution in [2.24, 2.45) is 20.0 Å². The molecule has 2 heterocycles. The van der Waals surface area contributed by atoms with Gasteiger partial charge in [0, 0.05) is 6.42 Å². The van der Waals surface area contributed by atoms with Crippen molar-refractivity contribution in [3.05, 3.63) is 47.1 Å². The summed E-state index contributed by atoms with van der Waals surface area (Å²) in [6.45, 7) is 0. The SMILES string of the molecule is C1=CC2(N=c3ccccc3=N2)C2=NC3(CCCCC3)N=C2C1. The first-order chi connectivity index (χ1) is 10.8. The van der Waals surface area contributed by atoms with Gasteiger partial charge in [-0.2, -0.15) is 0 Å². The Labute approximate surface area is 129 Å². The summed E-state index contributed by atoms with van der Waals surface area (Å²) in [7, 11) is 0. The number of nitrogens with zero attached hydrogens (tertiary/aromatic N) is 4. The smallest absolute Gasteiger partial charge is 0.214 e. The van der Waals surface area contributed by atoms with Crippen molar-refractivity contribution in [1.82, 2.24) is 0 Å². The van der Waals surface area contributed by atoms with E-state index < -0.39 is 5.66 Å². The van der Waals surface area contributed by atoms with E-state index in [4.69, 9.17) is 20.0 Å². The number of allylic oxidation sites excluding steroid dienone is 1. The number of benzene rings is 1. The summed E-state index contributed by atoms with van der Waals surface area (Å²) >= 11 is 0. The largest absolute Gasteiger partial charge is 0.258 e. The van der Waals surface area contributed by atoms with E-state index in [9.17, 15) is 0 Å². The molecular formula is C18H18N4. The third-order valence-corrected chi connectivity index (χ3v) is 5.06. The van der Waals surface area contributed by atoms with Crippen LogP contribution in [-0.4, -0.2) is 22.7 Å². The second kappa shape index (κ2) is 4.22. The second-order valence-corrected chi connectivity index (χ2v) is 6.61. The first kappa shape index (κ1) is 12.4. The van der Waals surface area contributed by atoms with Crippen molar-refractivity contribution >= 4 is 11.4 Å². The Morgan fingerprint density at radius 2 is 1.55 bits per heavy atom. The van der Waals surface area contributed by atoms with Crippen molar-refractivity contribution in [2.45, 2.75) is 49.9 Å². The van der Waals surface area contributed by atoms with E-state index in [1.54, 1.807) is 0 Å². The molecule has 0 amide bonds. The summed E-state index contributed by atoms with van der Waals surface area (Å²) in [4.78, 5) is 19.9. The topological polar surface area (TPSA) is 49.4 Å². The Hall–Kier alpha value is -2.10. The van der Waals surface area contributed by atoms with Gasteiger partial charge in [0.25, 0.3) is 0 Å².